The monoisotopic (exact) mass is 344 g/mol. The molecule has 0 saturated carbocycles. The van der Waals surface area contributed by atoms with Crippen molar-refractivity contribution in [3.05, 3.63) is 64.5 Å². The number of ether oxygens (including phenoxy) is 1. The van der Waals surface area contributed by atoms with E-state index in [4.69, 9.17) is 4.74 Å². The summed E-state index contributed by atoms with van der Waals surface area (Å²) < 4.78 is 70.9. The Morgan fingerprint density at radius 2 is 1.38 bits per heavy atom. The van der Waals surface area contributed by atoms with Crippen molar-refractivity contribution in [3.8, 4) is 5.75 Å². The van der Waals surface area contributed by atoms with E-state index in [9.17, 15) is 26.7 Å². The number of benzene rings is 2. The predicted octanol–water partition coefficient (Wildman–Crippen LogP) is 4.94. The molecular weight excluding hydrogens is 331 g/mol. The van der Waals surface area contributed by atoms with Gasteiger partial charge >= 0.3 is 5.97 Å². The highest BCUT2D eigenvalue weighted by molar-refractivity contribution is 5.91. The van der Waals surface area contributed by atoms with Gasteiger partial charge in [-0.1, -0.05) is 25.5 Å². The molecule has 0 aliphatic heterocycles. The van der Waals surface area contributed by atoms with Crippen molar-refractivity contribution < 1.29 is 31.5 Å². The van der Waals surface area contributed by atoms with Crippen LogP contribution in [0.2, 0.25) is 0 Å². The van der Waals surface area contributed by atoms with Gasteiger partial charge in [-0.3, -0.25) is 0 Å². The van der Waals surface area contributed by atoms with E-state index in [-0.39, 0.29) is 5.75 Å². The number of carbonyl (C=O) groups excluding carboxylic acids is 1. The second kappa shape index (κ2) is 7.42. The number of rotatable bonds is 5. The number of carbonyl (C=O) groups is 1. The Hall–Kier alpha value is -2.44. The van der Waals surface area contributed by atoms with E-state index in [1.54, 1.807) is 12.1 Å². The minimum absolute atomic E-state index is 0.0656. The Morgan fingerprint density at radius 3 is 1.88 bits per heavy atom. The summed E-state index contributed by atoms with van der Waals surface area (Å²) in [4.78, 5) is 11.8. The van der Waals surface area contributed by atoms with E-state index in [0.29, 0.717) is 0 Å². The molecule has 0 fully saturated rings. The highest BCUT2D eigenvalue weighted by atomic mass is 19.2. The van der Waals surface area contributed by atoms with Gasteiger partial charge < -0.3 is 4.74 Å². The third-order valence-electron chi connectivity index (χ3n) is 3.37. The van der Waals surface area contributed by atoms with Crippen LogP contribution in [-0.2, 0) is 6.42 Å². The molecule has 0 atom stereocenters. The average Bonchev–Trinajstić information content (AvgIpc) is 2.58. The molecule has 0 radical (unpaired) electrons. The van der Waals surface area contributed by atoms with Crippen molar-refractivity contribution in [2.45, 2.75) is 26.2 Å². The van der Waals surface area contributed by atoms with Crippen molar-refractivity contribution in [3.63, 3.8) is 0 Å². The van der Waals surface area contributed by atoms with Gasteiger partial charge in [0.1, 0.15) is 11.3 Å². The van der Waals surface area contributed by atoms with Crippen LogP contribution in [0.25, 0.3) is 0 Å². The zero-order valence-corrected chi connectivity index (χ0v) is 12.6. The molecule has 0 unspecified atom stereocenters. The summed E-state index contributed by atoms with van der Waals surface area (Å²) in [5.74, 6) is -12.9. The van der Waals surface area contributed by atoms with E-state index < -0.39 is 40.6 Å². The summed E-state index contributed by atoms with van der Waals surface area (Å²) in [5.41, 5.74) is -0.658. The zero-order chi connectivity index (χ0) is 17.9. The number of esters is 1. The summed E-state index contributed by atoms with van der Waals surface area (Å²) in [6.07, 6.45) is 2.77. The molecule has 0 aliphatic rings. The number of aryl methyl sites for hydroxylation is 1. The summed E-state index contributed by atoms with van der Waals surface area (Å²) in [6, 6.07) is 6.07. The molecule has 2 nitrogen and oxygen atoms in total. The SMILES string of the molecule is CCCCc1ccc(OC(=O)c2c(F)c(F)c(F)c(F)c2F)cc1. The summed E-state index contributed by atoms with van der Waals surface area (Å²) in [7, 11) is 0. The molecule has 0 bridgehead atoms. The molecule has 0 N–H and O–H groups in total. The van der Waals surface area contributed by atoms with Crippen molar-refractivity contribution in [1.29, 1.82) is 0 Å². The second-order valence-electron chi connectivity index (χ2n) is 5.08. The fourth-order valence-corrected chi connectivity index (χ4v) is 2.05. The van der Waals surface area contributed by atoms with Crippen molar-refractivity contribution in [2.24, 2.45) is 0 Å². The van der Waals surface area contributed by atoms with Gasteiger partial charge in [-0.2, -0.15) is 0 Å². The largest absolute Gasteiger partial charge is 0.423 e. The van der Waals surface area contributed by atoms with Crippen LogP contribution >= 0.6 is 0 Å². The third kappa shape index (κ3) is 3.55. The molecule has 0 saturated heterocycles. The van der Waals surface area contributed by atoms with Crippen molar-refractivity contribution in [1.82, 2.24) is 0 Å². The number of unbranched alkanes of at least 4 members (excludes halogenated alkanes) is 1. The molecule has 0 heterocycles. The van der Waals surface area contributed by atoms with Gasteiger partial charge in [0.25, 0.3) is 0 Å². The van der Waals surface area contributed by atoms with Crippen LogP contribution in [0.5, 0.6) is 5.75 Å². The van der Waals surface area contributed by atoms with Gasteiger partial charge in [0, 0.05) is 0 Å². The molecule has 2 rings (SSSR count). The molecule has 128 valence electrons. The first-order valence-electron chi connectivity index (χ1n) is 7.19. The van der Waals surface area contributed by atoms with Crippen LogP contribution in [0.3, 0.4) is 0 Å². The van der Waals surface area contributed by atoms with Gasteiger partial charge in [-0.05, 0) is 30.5 Å². The fraction of sp³-hybridized carbons (Fsp3) is 0.235. The van der Waals surface area contributed by atoms with Crippen LogP contribution in [-0.4, -0.2) is 5.97 Å². The van der Waals surface area contributed by atoms with Crippen LogP contribution in [0, 0.1) is 29.1 Å². The Labute approximate surface area is 134 Å². The first-order chi connectivity index (χ1) is 11.4. The lowest BCUT2D eigenvalue weighted by atomic mass is 10.1. The second-order valence-corrected chi connectivity index (χ2v) is 5.08. The van der Waals surface area contributed by atoms with Gasteiger partial charge in [0.05, 0.1) is 0 Å². The molecule has 2 aromatic rings. The van der Waals surface area contributed by atoms with E-state index in [1.165, 1.54) is 12.1 Å². The molecule has 0 aromatic heterocycles. The highest BCUT2D eigenvalue weighted by Crippen LogP contribution is 2.24. The zero-order valence-electron chi connectivity index (χ0n) is 12.6. The van der Waals surface area contributed by atoms with Gasteiger partial charge in [0.2, 0.25) is 5.82 Å². The standard InChI is InChI=1S/C17H13F5O2/c1-2-3-4-9-5-7-10(8-6-9)24-17(23)11-12(18)14(20)16(22)15(21)13(11)19/h5-8H,2-4H2,1H3. The maximum Gasteiger partial charge on any atom is 0.349 e. The Balaban J connectivity index is 2.24. The van der Waals surface area contributed by atoms with Crippen LogP contribution in [0.1, 0.15) is 35.7 Å². The van der Waals surface area contributed by atoms with E-state index in [2.05, 4.69) is 0 Å². The smallest absolute Gasteiger partial charge is 0.349 e. The highest BCUT2D eigenvalue weighted by Gasteiger charge is 2.30. The molecule has 7 heteroatoms. The quantitative estimate of drug-likeness (QED) is 0.252. The Kier molecular flexibility index (Phi) is 5.54. The summed E-state index contributed by atoms with van der Waals surface area (Å²) >= 11 is 0. The minimum atomic E-state index is -2.33. The van der Waals surface area contributed by atoms with E-state index >= 15 is 0 Å². The maximum absolute atomic E-state index is 13.5. The van der Waals surface area contributed by atoms with Crippen LogP contribution in [0.4, 0.5) is 22.0 Å². The number of halogens is 5. The Bertz CT molecular complexity index is 728. The first-order valence-corrected chi connectivity index (χ1v) is 7.19. The molecule has 0 spiro atoms. The molecule has 0 aliphatic carbocycles. The minimum Gasteiger partial charge on any atom is -0.423 e. The van der Waals surface area contributed by atoms with Crippen LogP contribution < -0.4 is 4.74 Å². The van der Waals surface area contributed by atoms with Crippen molar-refractivity contribution >= 4 is 5.97 Å². The van der Waals surface area contributed by atoms with Gasteiger partial charge in [0.15, 0.2) is 23.3 Å². The van der Waals surface area contributed by atoms with Gasteiger partial charge in [-0.25, -0.2) is 26.7 Å². The molecule has 2 aromatic carbocycles. The first kappa shape index (κ1) is 17.9. The summed E-state index contributed by atoms with van der Waals surface area (Å²) in [5, 5.41) is 0. The van der Waals surface area contributed by atoms with Crippen molar-refractivity contribution in [2.75, 3.05) is 0 Å². The summed E-state index contributed by atoms with van der Waals surface area (Å²) in [6.45, 7) is 2.03. The normalized spacial score (nSPS) is 10.8. The average molecular weight is 344 g/mol. The number of hydrogen-bond acceptors (Lipinski definition) is 2. The maximum atomic E-state index is 13.5. The lowest BCUT2D eigenvalue weighted by Crippen LogP contribution is -2.17. The fourth-order valence-electron chi connectivity index (χ4n) is 2.05. The number of hydrogen-bond donors (Lipinski definition) is 0. The lowest BCUT2D eigenvalue weighted by molar-refractivity contribution is 0.0721. The van der Waals surface area contributed by atoms with E-state index in [0.717, 1.165) is 24.8 Å². The third-order valence-corrected chi connectivity index (χ3v) is 3.37. The van der Waals surface area contributed by atoms with Gasteiger partial charge in [-0.15, -0.1) is 0 Å². The Morgan fingerprint density at radius 1 is 0.875 bits per heavy atom. The lowest BCUT2D eigenvalue weighted by Gasteiger charge is -2.09. The molecule has 24 heavy (non-hydrogen) atoms. The topological polar surface area (TPSA) is 26.3 Å². The van der Waals surface area contributed by atoms with Crippen LogP contribution in [0.15, 0.2) is 24.3 Å². The molecular formula is C17H13F5O2. The predicted molar refractivity (Wildman–Crippen MR) is 76.2 cm³/mol. The molecule has 0 amide bonds. The van der Waals surface area contributed by atoms with E-state index in [1.807, 2.05) is 6.92 Å².